The molecule has 7 nitrogen and oxygen atoms in total. The van der Waals surface area contributed by atoms with Crippen molar-refractivity contribution in [2.24, 2.45) is 0 Å². The van der Waals surface area contributed by atoms with E-state index in [0.717, 1.165) is 37.3 Å². The smallest absolute Gasteiger partial charge is 0.374 e. The lowest BCUT2D eigenvalue weighted by Gasteiger charge is -2.35. The summed E-state index contributed by atoms with van der Waals surface area (Å²) in [6, 6.07) is 1.87. The maximum atomic E-state index is 12.3. The highest BCUT2D eigenvalue weighted by Gasteiger charge is 2.30. The summed E-state index contributed by atoms with van der Waals surface area (Å²) >= 11 is 0. The number of carbonyl (C=O) groups is 2. The predicted octanol–water partition coefficient (Wildman–Crippen LogP) is 1.20. The lowest BCUT2D eigenvalue weighted by molar-refractivity contribution is -0.142. The van der Waals surface area contributed by atoms with Crippen molar-refractivity contribution in [2.75, 3.05) is 39.9 Å². The van der Waals surface area contributed by atoms with Gasteiger partial charge in [-0.15, -0.1) is 0 Å². The SMILES string of the molecule is COC(=O)c1oc(CN2CCN(C(=O)C3CCCO3)CC2)cc1C. The number of hydrogen-bond acceptors (Lipinski definition) is 6. The van der Waals surface area contributed by atoms with Gasteiger partial charge in [0.25, 0.3) is 5.91 Å². The minimum atomic E-state index is -0.453. The van der Waals surface area contributed by atoms with Crippen molar-refractivity contribution >= 4 is 11.9 Å². The lowest BCUT2D eigenvalue weighted by Crippen LogP contribution is -2.51. The quantitative estimate of drug-likeness (QED) is 0.769. The van der Waals surface area contributed by atoms with Crippen LogP contribution in [-0.2, 0) is 20.8 Å². The van der Waals surface area contributed by atoms with E-state index < -0.39 is 5.97 Å². The summed E-state index contributed by atoms with van der Waals surface area (Å²) in [5.74, 6) is 0.672. The Balaban J connectivity index is 1.52. The van der Waals surface area contributed by atoms with Crippen LogP contribution >= 0.6 is 0 Å². The standard InChI is InChI=1S/C17H24N2O5/c1-12-10-13(24-15(12)17(21)22-2)11-18-5-7-19(8-6-18)16(20)14-4-3-9-23-14/h10,14H,3-9,11H2,1-2H3. The normalized spacial score (nSPS) is 21.9. The maximum absolute atomic E-state index is 12.3. The number of esters is 1. The van der Waals surface area contributed by atoms with Gasteiger partial charge in [-0.2, -0.15) is 0 Å². The van der Waals surface area contributed by atoms with Crippen LogP contribution in [-0.4, -0.2) is 67.7 Å². The Bertz CT molecular complexity index is 598. The number of nitrogens with zero attached hydrogens (tertiary/aromatic N) is 2. The van der Waals surface area contributed by atoms with Gasteiger partial charge in [-0.25, -0.2) is 4.79 Å². The first-order valence-corrected chi connectivity index (χ1v) is 8.39. The van der Waals surface area contributed by atoms with Crippen molar-refractivity contribution in [2.45, 2.75) is 32.4 Å². The number of furan rings is 1. The van der Waals surface area contributed by atoms with Crippen LogP contribution in [0.1, 0.15) is 34.7 Å². The molecular formula is C17H24N2O5. The highest BCUT2D eigenvalue weighted by molar-refractivity contribution is 5.87. The fourth-order valence-electron chi connectivity index (χ4n) is 3.24. The van der Waals surface area contributed by atoms with Gasteiger partial charge in [0, 0.05) is 38.3 Å². The minimum absolute atomic E-state index is 0.119. The maximum Gasteiger partial charge on any atom is 0.374 e. The van der Waals surface area contributed by atoms with E-state index in [1.165, 1.54) is 7.11 Å². The fraction of sp³-hybridized carbons (Fsp3) is 0.647. The van der Waals surface area contributed by atoms with E-state index in [1.807, 2.05) is 17.9 Å². The Kier molecular flexibility index (Phi) is 5.20. The van der Waals surface area contributed by atoms with Gasteiger partial charge in [-0.3, -0.25) is 9.69 Å². The van der Waals surface area contributed by atoms with E-state index in [0.29, 0.717) is 26.2 Å². The Morgan fingerprint density at radius 1 is 1.29 bits per heavy atom. The van der Waals surface area contributed by atoms with Crippen LogP contribution < -0.4 is 0 Å². The predicted molar refractivity (Wildman–Crippen MR) is 85.6 cm³/mol. The van der Waals surface area contributed by atoms with Crippen molar-refractivity contribution in [1.82, 2.24) is 9.80 Å². The third-order valence-electron chi connectivity index (χ3n) is 4.61. The van der Waals surface area contributed by atoms with Gasteiger partial charge in [-0.05, 0) is 25.8 Å². The summed E-state index contributed by atoms with van der Waals surface area (Å²) in [5.41, 5.74) is 0.782. The molecule has 132 valence electrons. The highest BCUT2D eigenvalue weighted by atomic mass is 16.5. The summed E-state index contributed by atoms with van der Waals surface area (Å²) < 4.78 is 15.8. The minimum Gasteiger partial charge on any atom is -0.463 e. The third-order valence-corrected chi connectivity index (χ3v) is 4.61. The monoisotopic (exact) mass is 336 g/mol. The zero-order valence-corrected chi connectivity index (χ0v) is 14.2. The van der Waals surface area contributed by atoms with Crippen molar-refractivity contribution in [1.29, 1.82) is 0 Å². The van der Waals surface area contributed by atoms with E-state index in [1.54, 1.807) is 0 Å². The first-order valence-electron chi connectivity index (χ1n) is 8.39. The van der Waals surface area contributed by atoms with E-state index >= 15 is 0 Å². The number of aryl methyl sites for hydroxylation is 1. The van der Waals surface area contributed by atoms with Gasteiger partial charge in [-0.1, -0.05) is 0 Å². The summed E-state index contributed by atoms with van der Waals surface area (Å²) in [6.45, 7) is 6.11. The molecule has 1 atom stereocenters. The molecule has 3 heterocycles. The average molecular weight is 336 g/mol. The second-order valence-corrected chi connectivity index (χ2v) is 6.32. The number of amides is 1. The zero-order valence-electron chi connectivity index (χ0n) is 14.2. The molecule has 0 radical (unpaired) electrons. The number of hydrogen-bond donors (Lipinski definition) is 0. The fourth-order valence-corrected chi connectivity index (χ4v) is 3.24. The molecule has 0 saturated carbocycles. The second kappa shape index (κ2) is 7.36. The summed E-state index contributed by atoms with van der Waals surface area (Å²) in [4.78, 5) is 28.0. The molecule has 24 heavy (non-hydrogen) atoms. The lowest BCUT2D eigenvalue weighted by atomic mass is 10.2. The topological polar surface area (TPSA) is 72.2 Å². The molecule has 1 aromatic rings. The number of ether oxygens (including phenoxy) is 2. The molecule has 1 unspecified atom stereocenters. The Hall–Kier alpha value is -1.86. The van der Waals surface area contributed by atoms with Gasteiger partial charge in [0.2, 0.25) is 5.76 Å². The molecule has 0 aliphatic carbocycles. The number of piperazine rings is 1. The van der Waals surface area contributed by atoms with E-state index in [9.17, 15) is 9.59 Å². The number of rotatable bonds is 4. The number of methoxy groups -OCH3 is 1. The molecule has 0 aromatic carbocycles. The van der Waals surface area contributed by atoms with Crippen LogP contribution in [0.4, 0.5) is 0 Å². The first-order chi connectivity index (χ1) is 11.6. The summed E-state index contributed by atoms with van der Waals surface area (Å²) in [6.07, 6.45) is 1.56. The largest absolute Gasteiger partial charge is 0.463 e. The molecule has 1 aromatic heterocycles. The van der Waals surface area contributed by atoms with Crippen molar-refractivity contribution < 1.29 is 23.5 Å². The summed E-state index contributed by atoms with van der Waals surface area (Å²) in [5, 5.41) is 0. The van der Waals surface area contributed by atoms with Gasteiger partial charge in [0.1, 0.15) is 11.9 Å². The number of carbonyl (C=O) groups excluding carboxylic acids is 2. The van der Waals surface area contributed by atoms with Gasteiger partial charge >= 0.3 is 5.97 Å². The molecule has 0 spiro atoms. The molecular weight excluding hydrogens is 312 g/mol. The van der Waals surface area contributed by atoms with E-state index in [-0.39, 0.29) is 17.8 Å². The molecule has 2 aliphatic rings. The molecule has 2 aliphatic heterocycles. The van der Waals surface area contributed by atoms with Gasteiger partial charge < -0.3 is 18.8 Å². The molecule has 2 fully saturated rings. The summed E-state index contributed by atoms with van der Waals surface area (Å²) in [7, 11) is 1.34. The molecule has 0 bridgehead atoms. The van der Waals surface area contributed by atoms with Crippen molar-refractivity contribution in [3.05, 3.63) is 23.2 Å². The van der Waals surface area contributed by atoms with Crippen molar-refractivity contribution in [3.63, 3.8) is 0 Å². The Morgan fingerprint density at radius 3 is 2.67 bits per heavy atom. The van der Waals surface area contributed by atoms with Gasteiger partial charge in [0.15, 0.2) is 0 Å². The highest BCUT2D eigenvalue weighted by Crippen LogP contribution is 2.19. The van der Waals surface area contributed by atoms with Crippen LogP contribution in [0.2, 0.25) is 0 Å². The average Bonchev–Trinajstić information content (AvgIpc) is 3.24. The molecule has 3 rings (SSSR count). The Labute approximate surface area is 141 Å². The third kappa shape index (κ3) is 3.62. The molecule has 2 saturated heterocycles. The molecule has 0 N–H and O–H groups in total. The molecule has 1 amide bonds. The van der Waals surface area contributed by atoms with Crippen LogP contribution in [0, 0.1) is 6.92 Å². The van der Waals surface area contributed by atoms with E-state index in [4.69, 9.17) is 13.9 Å². The zero-order chi connectivity index (χ0) is 17.1. The van der Waals surface area contributed by atoms with Crippen LogP contribution in [0.15, 0.2) is 10.5 Å². The second-order valence-electron chi connectivity index (χ2n) is 6.32. The van der Waals surface area contributed by atoms with Crippen LogP contribution in [0.25, 0.3) is 0 Å². The van der Waals surface area contributed by atoms with E-state index in [2.05, 4.69) is 4.90 Å². The Morgan fingerprint density at radius 2 is 2.04 bits per heavy atom. The van der Waals surface area contributed by atoms with Crippen LogP contribution in [0.3, 0.4) is 0 Å². The van der Waals surface area contributed by atoms with Crippen molar-refractivity contribution in [3.8, 4) is 0 Å². The van der Waals surface area contributed by atoms with Crippen LogP contribution in [0.5, 0.6) is 0 Å². The van der Waals surface area contributed by atoms with Gasteiger partial charge in [0.05, 0.1) is 13.7 Å². The first kappa shape index (κ1) is 17.0. The molecule has 7 heteroatoms.